The highest BCUT2D eigenvalue weighted by atomic mass is 16.5. The van der Waals surface area contributed by atoms with Gasteiger partial charge in [-0.15, -0.1) is 0 Å². The maximum atomic E-state index is 12.5. The van der Waals surface area contributed by atoms with Crippen molar-refractivity contribution >= 4 is 11.7 Å². The van der Waals surface area contributed by atoms with Crippen LogP contribution in [0.5, 0.6) is 5.88 Å². The van der Waals surface area contributed by atoms with E-state index in [1.165, 1.54) is 19.5 Å². The molecule has 132 valence electrons. The molecule has 1 fully saturated rings. The molecule has 2 atom stereocenters. The molecule has 0 saturated carbocycles. The van der Waals surface area contributed by atoms with E-state index >= 15 is 0 Å². The number of hydrogen-bond acceptors (Lipinski definition) is 8. The van der Waals surface area contributed by atoms with Crippen LogP contribution >= 0.6 is 0 Å². The van der Waals surface area contributed by atoms with Gasteiger partial charge in [-0.05, 0) is 19.4 Å². The van der Waals surface area contributed by atoms with E-state index in [9.17, 15) is 4.79 Å². The Balaban J connectivity index is 1.69. The van der Waals surface area contributed by atoms with Crippen molar-refractivity contribution in [3.8, 4) is 5.88 Å². The number of ether oxygens (including phenoxy) is 2. The Morgan fingerprint density at radius 3 is 3.00 bits per heavy atom. The van der Waals surface area contributed by atoms with Crippen LogP contribution in [0.1, 0.15) is 22.7 Å². The molecular formula is C16H20N6O3. The molecule has 1 aliphatic rings. The Hall–Kier alpha value is -2.81. The molecular weight excluding hydrogens is 324 g/mol. The molecule has 0 bridgehead atoms. The van der Waals surface area contributed by atoms with Crippen molar-refractivity contribution in [1.82, 2.24) is 25.3 Å². The van der Waals surface area contributed by atoms with Crippen LogP contribution < -0.4 is 15.4 Å². The molecule has 1 amide bonds. The fourth-order valence-corrected chi connectivity index (χ4v) is 2.60. The minimum absolute atomic E-state index is 0.101. The normalized spacial score (nSPS) is 19.9. The van der Waals surface area contributed by atoms with E-state index in [4.69, 9.17) is 9.47 Å². The van der Waals surface area contributed by atoms with Crippen molar-refractivity contribution in [2.24, 2.45) is 0 Å². The van der Waals surface area contributed by atoms with E-state index in [2.05, 4.69) is 30.6 Å². The van der Waals surface area contributed by atoms with E-state index in [1.54, 1.807) is 12.3 Å². The number of hydrogen-bond donors (Lipinski definition) is 2. The number of anilines is 1. The van der Waals surface area contributed by atoms with E-state index in [1.807, 2.05) is 6.92 Å². The first-order valence-electron chi connectivity index (χ1n) is 7.96. The Kier molecular flexibility index (Phi) is 5.34. The van der Waals surface area contributed by atoms with Crippen LogP contribution in [0, 0.1) is 6.92 Å². The largest absolute Gasteiger partial charge is 0.481 e. The molecule has 3 rings (SSSR count). The first kappa shape index (κ1) is 17.0. The molecule has 0 radical (unpaired) electrons. The fraction of sp³-hybridized carbons (Fsp3) is 0.438. The Labute approximate surface area is 145 Å². The van der Waals surface area contributed by atoms with Crippen molar-refractivity contribution in [2.75, 3.05) is 25.6 Å². The fourth-order valence-electron chi connectivity index (χ4n) is 2.60. The lowest BCUT2D eigenvalue weighted by Crippen LogP contribution is -2.52. The molecule has 0 aromatic carbocycles. The van der Waals surface area contributed by atoms with Gasteiger partial charge in [0.25, 0.3) is 5.91 Å². The summed E-state index contributed by atoms with van der Waals surface area (Å²) in [6, 6.07) is 3.08. The standard InChI is InChI=1S/C16H20N6O3/c1-10-17-5-3-14(20-10)21-13-8-25-6-4-11(13)22-16(23)12-7-15(24-2)19-9-18-12/h3,5,7,9,11,13H,4,6,8H2,1-2H3,(H,22,23)(H,17,20,21)/t11-,13+/m0/s1. The first-order chi connectivity index (χ1) is 12.2. The predicted octanol–water partition coefficient (Wildman–Crippen LogP) is 0.583. The van der Waals surface area contributed by atoms with Crippen molar-refractivity contribution in [2.45, 2.75) is 25.4 Å². The van der Waals surface area contributed by atoms with Crippen LogP contribution in [-0.4, -0.2) is 58.3 Å². The van der Waals surface area contributed by atoms with Gasteiger partial charge < -0.3 is 20.1 Å². The lowest BCUT2D eigenvalue weighted by atomic mass is 10.0. The zero-order valence-corrected chi connectivity index (χ0v) is 14.1. The topological polar surface area (TPSA) is 111 Å². The first-order valence-corrected chi connectivity index (χ1v) is 7.96. The van der Waals surface area contributed by atoms with Gasteiger partial charge in [0.05, 0.1) is 25.8 Å². The Bertz CT molecular complexity index is 741. The van der Waals surface area contributed by atoms with Gasteiger partial charge in [-0.1, -0.05) is 0 Å². The average Bonchev–Trinajstić information content (AvgIpc) is 2.63. The second-order valence-corrected chi connectivity index (χ2v) is 5.63. The molecule has 9 heteroatoms. The lowest BCUT2D eigenvalue weighted by Gasteiger charge is -2.33. The number of nitrogens with zero attached hydrogens (tertiary/aromatic N) is 4. The molecule has 1 aliphatic heterocycles. The van der Waals surface area contributed by atoms with Gasteiger partial charge in [-0.3, -0.25) is 4.79 Å². The molecule has 25 heavy (non-hydrogen) atoms. The number of aryl methyl sites for hydroxylation is 1. The van der Waals surface area contributed by atoms with Gasteiger partial charge in [-0.2, -0.15) is 0 Å². The maximum Gasteiger partial charge on any atom is 0.270 e. The quantitative estimate of drug-likeness (QED) is 0.810. The zero-order chi connectivity index (χ0) is 17.6. The number of aromatic nitrogens is 4. The van der Waals surface area contributed by atoms with Crippen molar-refractivity contribution in [3.63, 3.8) is 0 Å². The van der Waals surface area contributed by atoms with Gasteiger partial charge in [0, 0.05) is 18.9 Å². The van der Waals surface area contributed by atoms with Crippen molar-refractivity contribution in [3.05, 3.63) is 36.2 Å². The monoisotopic (exact) mass is 344 g/mol. The van der Waals surface area contributed by atoms with Crippen molar-refractivity contribution < 1.29 is 14.3 Å². The smallest absolute Gasteiger partial charge is 0.270 e. The molecule has 0 unspecified atom stereocenters. The molecule has 9 nitrogen and oxygen atoms in total. The average molecular weight is 344 g/mol. The molecule has 0 aliphatic carbocycles. The summed E-state index contributed by atoms with van der Waals surface area (Å²) in [6.07, 6.45) is 3.68. The van der Waals surface area contributed by atoms with Crippen LogP contribution in [0.15, 0.2) is 24.7 Å². The number of nitrogens with one attached hydrogen (secondary N) is 2. The summed E-state index contributed by atoms with van der Waals surface area (Å²) in [5.41, 5.74) is 0.259. The summed E-state index contributed by atoms with van der Waals surface area (Å²) in [5, 5.41) is 6.30. The highest BCUT2D eigenvalue weighted by Gasteiger charge is 2.28. The number of rotatable bonds is 5. The second kappa shape index (κ2) is 7.84. The predicted molar refractivity (Wildman–Crippen MR) is 89.5 cm³/mol. The molecule has 2 aromatic rings. The molecule has 0 spiro atoms. The molecule has 2 aromatic heterocycles. The summed E-state index contributed by atoms with van der Waals surface area (Å²) in [5.74, 6) is 1.44. The molecule has 2 N–H and O–H groups in total. The highest BCUT2D eigenvalue weighted by Crippen LogP contribution is 2.14. The summed E-state index contributed by atoms with van der Waals surface area (Å²) < 4.78 is 10.6. The Morgan fingerprint density at radius 2 is 2.20 bits per heavy atom. The summed E-state index contributed by atoms with van der Waals surface area (Å²) in [6.45, 7) is 2.88. The number of methoxy groups -OCH3 is 1. The number of carbonyl (C=O) groups is 1. The van der Waals surface area contributed by atoms with Gasteiger partial charge >= 0.3 is 0 Å². The molecule has 1 saturated heterocycles. The minimum Gasteiger partial charge on any atom is -0.481 e. The van der Waals surface area contributed by atoms with E-state index in [0.717, 1.165) is 0 Å². The molecule has 3 heterocycles. The van der Waals surface area contributed by atoms with Crippen LogP contribution in [0.2, 0.25) is 0 Å². The van der Waals surface area contributed by atoms with E-state index < -0.39 is 0 Å². The zero-order valence-electron chi connectivity index (χ0n) is 14.1. The third-order valence-corrected chi connectivity index (χ3v) is 3.87. The van der Waals surface area contributed by atoms with Crippen LogP contribution in [0.4, 0.5) is 5.82 Å². The van der Waals surface area contributed by atoms with Gasteiger partial charge in [0.2, 0.25) is 5.88 Å². The third-order valence-electron chi connectivity index (χ3n) is 3.87. The van der Waals surface area contributed by atoms with Crippen LogP contribution in [-0.2, 0) is 4.74 Å². The second-order valence-electron chi connectivity index (χ2n) is 5.63. The van der Waals surface area contributed by atoms with Crippen LogP contribution in [0.25, 0.3) is 0 Å². The van der Waals surface area contributed by atoms with E-state index in [-0.39, 0.29) is 23.7 Å². The van der Waals surface area contributed by atoms with Gasteiger partial charge in [0.15, 0.2) is 0 Å². The third kappa shape index (κ3) is 4.38. The summed E-state index contributed by atoms with van der Waals surface area (Å²) in [7, 11) is 1.49. The SMILES string of the molecule is COc1cc(C(=O)N[C@H]2CCOC[C@H]2Nc2ccnc(C)n2)ncn1. The van der Waals surface area contributed by atoms with E-state index in [0.29, 0.717) is 37.2 Å². The van der Waals surface area contributed by atoms with Crippen LogP contribution in [0.3, 0.4) is 0 Å². The maximum absolute atomic E-state index is 12.5. The minimum atomic E-state index is -0.279. The number of carbonyl (C=O) groups excluding carboxylic acids is 1. The summed E-state index contributed by atoms with van der Waals surface area (Å²) in [4.78, 5) is 28.8. The Morgan fingerprint density at radius 1 is 1.32 bits per heavy atom. The lowest BCUT2D eigenvalue weighted by molar-refractivity contribution is 0.0618. The highest BCUT2D eigenvalue weighted by molar-refractivity contribution is 5.92. The summed E-state index contributed by atoms with van der Waals surface area (Å²) >= 11 is 0. The van der Waals surface area contributed by atoms with Gasteiger partial charge in [-0.25, -0.2) is 19.9 Å². The van der Waals surface area contributed by atoms with Gasteiger partial charge in [0.1, 0.15) is 23.7 Å². The number of amides is 1. The van der Waals surface area contributed by atoms with Crippen molar-refractivity contribution in [1.29, 1.82) is 0 Å².